The molecule has 0 aromatic carbocycles. The first kappa shape index (κ1) is 18.7. The van der Waals surface area contributed by atoms with Gasteiger partial charge in [0, 0.05) is 26.1 Å². The van der Waals surface area contributed by atoms with E-state index in [1.54, 1.807) is 0 Å². The molecule has 0 radical (unpaired) electrons. The Kier molecular flexibility index (Phi) is 9.29. The number of nitrogens with two attached hydrogens (primary N) is 1. The first-order chi connectivity index (χ1) is 9.79. The number of rotatable bonds is 6. The Bertz CT molecular complexity index is 288. The highest BCUT2D eigenvalue weighted by Gasteiger charge is 2.25. The van der Waals surface area contributed by atoms with E-state index in [1.807, 2.05) is 0 Å². The van der Waals surface area contributed by atoms with E-state index in [-0.39, 0.29) is 12.4 Å². The van der Waals surface area contributed by atoms with Crippen molar-refractivity contribution < 1.29 is 9.53 Å². The van der Waals surface area contributed by atoms with Gasteiger partial charge in [-0.05, 0) is 44.6 Å². The molecule has 1 aliphatic carbocycles. The van der Waals surface area contributed by atoms with Crippen molar-refractivity contribution in [3.8, 4) is 0 Å². The summed E-state index contributed by atoms with van der Waals surface area (Å²) in [7, 11) is 0. The Labute approximate surface area is 135 Å². The predicted molar refractivity (Wildman–Crippen MR) is 87.7 cm³/mol. The maximum absolute atomic E-state index is 12.3. The van der Waals surface area contributed by atoms with Gasteiger partial charge in [-0.25, -0.2) is 0 Å². The SMILES string of the molecule is Cl.NCCCOC1CCN(C(=O)CC2CCCCC2)CC1. The zero-order valence-electron chi connectivity index (χ0n) is 13.1. The Morgan fingerprint density at radius 1 is 1.10 bits per heavy atom. The average Bonchev–Trinajstić information content (AvgIpc) is 2.49. The molecule has 2 fully saturated rings. The summed E-state index contributed by atoms with van der Waals surface area (Å²) < 4.78 is 5.78. The summed E-state index contributed by atoms with van der Waals surface area (Å²) >= 11 is 0. The topological polar surface area (TPSA) is 55.6 Å². The summed E-state index contributed by atoms with van der Waals surface area (Å²) in [5.41, 5.74) is 5.46. The Morgan fingerprint density at radius 2 is 1.76 bits per heavy atom. The quantitative estimate of drug-likeness (QED) is 0.766. The highest BCUT2D eigenvalue weighted by molar-refractivity contribution is 5.85. The van der Waals surface area contributed by atoms with Crippen molar-refractivity contribution in [1.29, 1.82) is 0 Å². The number of carbonyl (C=O) groups is 1. The number of nitrogens with zero attached hydrogens (tertiary/aromatic N) is 1. The van der Waals surface area contributed by atoms with Gasteiger partial charge in [-0.15, -0.1) is 12.4 Å². The number of carbonyl (C=O) groups excluding carboxylic acids is 1. The van der Waals surface area contributed by atoms with Gasteiger partial charge in [0.1, 0.15) is 0 Å². The van der Waals surface area contributed by atoms with E-state index >= 15 is 0 Å². The molecule has 0 aromatic heterocycles. The van der Waals surface area contributed by atoms with Crippen LogP contribution in [0.1, 0.15) is 57.8 Å². The summed E-state index contributed by atoms with van der Waals surface area (Å²) in [6, 6.07) is 0. The summed E-state index contributed by atoms with van der Waals surface area (Å²) in [4.78, 5) is 14.4. The van der Waals surface area contributed by atoms with Crippen LogP contribution in [0.2, 0.25) is 0 Å². The van der Waals surface area contributed by atoms with Gasteiger partial charge in [0.05, 0.1) is 6.10 Å². The molecule has 2 rings (SSSR count). The standard InChI is InChI=1S/C16H30N2O2.ClH/c17-9-4-12-20-15-7-10-18(11-8-15)16(19)13-14-5-2-1-3-6-14;/h14-15H,1-13,17H2;1H. The number of hydrogen-bond acceptors (Lipinski definition) is 3. The first-order valence-corrected chi connectivity index (χ1v) is 8.39. The van der Waals surface area contributed by atoms with E-state index < -0.39 is 0 Å². The van der Waals surface area contributed by atoms with Crippen LogP contribution in [0, 0.1) is 5.92 Å². The molecule has 2 N–H and O–H groups in total. The molecule has 2 aliphatic rings. The molecule has 124 valence electrons. The molecule has 4 nitrogen and oxygen atoms in total. The molecule has 5 heteroatoms. The zero-order chi connectivity index (χ0) is 14.2. The Hall–Kier alpha value is -0.320. The van der Waals surface area contributed by atoms with E-state index in [2.05, 4.69) is 4.90 Å². The normalized spacial score (nSPS) is 21.1. The summed E-state index contributed by atoms with van der Waals surface area (Å²) in [5.74, 6) is 1.02. The minimum absolute atomic E-state index is 0. The smallest absolute Gasteiger partial charge is 0.222 e. The third kappa shape index (κ3) is 6.54. The van der Waals surface area contributed by atoms with Crippen LogP contribution in [-0.4, -0.2) is 43.2 Å². The van der Waals surface area contributed by atoms with Crippen molar-refractivity contribution >= 4 is 18.3 Å². The maximum atomic E-state index is 12.3. The monoisotopic (exact) mass is 318 g/mol. The van der Waals surface area contributed by atoms with E-state index in [9.17, 15) is 4.79 Å². The van der Waals surface area contributed by atoms with Gasteiger partial charge in [0.15, 0.2) is 0 Å². The molecule has 0 spiro atoms. The second-order valence-electron chi connectivity index (χ2n) is 6.30. The van der Waals surface area contributed by atoms with Crippen LogP contribution in [0.15, 0.2) is 0 Å². The average molecular weight is 319 g/mol. The lowest BCUT2D eigenvalue weighted by Gasteiger charge is -2.33. The number of amides is 1. The van der Waals surface area contributed by atoms with Gasteiger partial charge >= 0.3 is 0 Å². The van der Waals surface area contributed by atoms with E-state index in [4.69, 9.17) is 10.5 Å². The third-order valence-corrected chi connectivity index (χ3v) is 4.68. The Balaban J connectivity index is 0.00000220. The molecule has 1 aliphatic heterocycles. The minimum Gasteiger partial charge on any atom is -0.378 e. The number of halogens is 1. The van der Waals surface area contributed by atoms with Crippen LogP contribution in [0.5, 0.6) is 0 Å². The third-order valence-electron chi connectivity index (χ3n) is 4.68. The largest absolute Gasteiger partial charge is 0.378 e. The van der Waals surface area contributed by atoms with Gasteiger partial charge in [0.2, 0.25) is 5.91 Å². The summed E-state index contributed by atoms with van der Waals surface area (Å²) in [6.07, 6.45) is 10.5. The first-order valence-electron chi connectivity index (χ1n) is 8.39. The number of hydrogen-bond donors (Lipinski definition) is 1. The fourth-order valence-corrected chi connectivity index (χ4v) is 3.37. The molecule has 0 bridgehead atoms. The van der Waals surface area contributed by atoms with E-state index in [0.717, 1.165) is 45.4 Å². The van der Waals surface area contributed by atoms with Crippen LogP contribution in [0.25, 0.3) is 0 Å². The van der Waals surface area contributed by atoms with Crippen molar-refractivity contribution in [3.05, 3.63) is 0 Å². The molecule has 0 atom stereocenters. The van der Waals surface area contributed by atoms with Crippen LogP contribution in [0.3, 0.4) is 0 Å². The lowest BCUT2D eigenvalue weighted by Crippen LogP contribution is -2.41. The fraction of sp³-hybridized carbons (Fsp3) is 0.938. The van der Waals surface area contributed by atoms with Crippen molar-refractivity contribution in [1.82, 2.24) is 4.90 Å². The summed E-state index contributed by atoms with van der Waals surface area (Å²) in [6.45, 7) is 3.20. The molecular formula is C16H31ClN2O2. The van der Waals surface area contributed by atoms with Crippen LogP contribution >= 0.6 is 12.4 Å². The number of likely N-dealkylation sites (tertiary alicyclic amines) is 1. The summed E-state index contributed by atoms with van der Waals surface area (Å²) in [5, 5.41) is 0. The van der Waals surface area contributed by atoms with Gasteiger partial charge < -0.3 is 15.4 Å². The molecule has 0 unspecified atom stereocenters. The Morgan fingerprint density at radius 3 is 2.38 bits per heavy atom. The van der Waals surface area contributed by atoms with Crippen molar-refractivity contribution in [2.24, 2.45) is 11.7 Å². The fourth-order valence-electron chi connectivity index (χ4n) is 3.37. The van der Waals surface area contributed by atoms with Crippen LogP contribution in [-0.2, 0) is 9.53 Å². The molecular weight excluding hydrogens is 288 g/mol. The molecule has 21 heavy (non-hydrogen) atoms. The van der Waals surface area contributed by atoms with Crippen LogP contribution < -0.4 is 5.73 Å². The lowest BCUT2D eigenvalue weighted by molar-refractivity contribution is -0.135. The maximum Gasteiger partial charge on any atom is 0.222 e. The molecule has 1 amide bonds. The van der Waals surface area contributed by atoms with E-state index in [0.29, 0.717) is 24.5 Å². The van der Waals surface area contributed by atoms with Crippen LogP contribution in [0.4, 0.5) is 0 Å². The molecule has 0 aromatic rings. The molecule has 1 saturated carbocycles. The molecule has 1 saturated heterocycles. The van der Waals surface area contributed by atoms with Gasteiger partial charge in [-0.2, -0.15) is 0 Å². The minimum atomic E-state index is 0. The number of piperidine rings is 1. The second kappa shape index (κ2) is 10.4. The van der Waals surface area contributed by atoms with Gasteiger partial charge in [-0.1, -0.05) is 19.3 Å². The lowest BCUT2D eigenvalue weighted by atomic mass is 9.86. The van der Waals surface area contributed by atoms with Gasteiger partial charge in [0.25, 0.3) is 0 Å². The van der Waals surface area contributed by atoms with Crippen molar-refractivity contribution in [2.45, 2.75) is 63.9 Å². The van der Waals surface area contributed by atoms with E-state index in [1.165, 1.54) is 32.1 Å². The second-order valence-corrected chi connectivity index (χ2v) is 6.30. The predicted octanol–water partition coefficient (Wildman–Crippen LogP) is 2.74. The van der Waals surface area contributed by atoms with Gasteiger partial charge in [-0.3, -0.25) is 4.79 Å². The zero-order valence-corrected chi connectivity index (χ0v) is 13.9. The van der Waals surface area contributed by atoms with Crippen molar-refractivity contribution in [2.75, 3.05) is 26.2 Å². The van der Waals surface area contributed by atoms with Crippen molar-refractivity contribution in [3.63, 3.8) is 0 Å². The molecule has 1 heterocycles. The highest BCUT2D eigenvalue weighted by atomic mass is 35.5. The highest BCUT2D eigenvalue weighted by Crippen LogP contribution is 2.27. The number of ether oxygens (including phenoxy) is 1.